The SMILES string of the molecule is Cc1cc(Cl)nc(Cl)c1NC(C)c1ccc(F)c(Cl)c1. The molecule has 0 aliphatic carbocycles. The average molecular weight is 334 g/mol. The van der Waals surface area contributed by atoms with E-state index in [1.807, 2.05) is 13.8 Å². The van der Waals surface area contributed by atoms with Crippen molar-refractivity contribution in [1.29, 1.82) is 0 Å². The Morgan fingerprint density at radius 3 is 2.50 bits per heavy atom. The summed E-state index contributed by atoms with van der Waals surface area (Å²) in [7, 11) is 0. The molecule has 20 heavy (non-hydrogen) atoms. The largest absolute Gasteiger partial charge is 0.376 e. The molecule has 6 heteroatoms. The summed E-state index contributed by atoms with van der Waals surface area (Å²) in [6.07, 6.45) is 0. The van der Waals surface area contributed by atoms with Crippen molar-refractivity contribution in [3.8, 4) is 0 Å². The number of halogens is 4. The highest BCUT2D eigenvalue weighted by Crippen LogP contribution is 2.30. The molecule has 0 spiro atoms. The number of nitrogens with one attached hydrogen (secondary N) is 1. The van der Waals surface area contributed by atoms with Crippen molar-refractivity contribution in [3.63, 3.8) is 0 Å². The zero-order chi connectivity index (χ0) is 14.9. The van der Waals surface area contributed by atoms with Gasteiger partial charge >= 0.3 is 0 Å². The number of hydrogen-bond acceptors (Lipinski definition) is 2. The van der Waals surface area contributed by atoms with Gasteiger partial charge < -0.3 is 5.32 Å². The van der Waals surface area contributed by atoms with Gasteiger partial charge in [-0.1, -0.05) is 40.9 Å². The first-order valence-electron chi connectivity index (χ1n) is 5.92. The zero-order valence-electron chi connectivity index (χ0n) is 10.8. The molecule has 1 aromatic carbocycles. The van der Waals surface area contributed by atoms with Gasteiger partial charge in [0.15, 0.2) is 5.15 Å². The van der Waals surface area contributed by atoms with E-state index >= 15 is 0 Å². The van der Waals surface area contributed by atoms with E-state index in [1.165, 1.54) is 6.07 Å². The number of benzene rings is 1. The molecule has 1 atom stereocenters. The minimum Gasteiger partial charge on any atom is -0.376 e. The minimum atomic E-state index is -0.440. The topological polar surface area (TPSA) is 24.9 Å². The van der Waals surface area contributed by atoms with E-state index in [0.29, 0.717) is 16.0 Å². The lowest BCUT2D eigenvalue weighted by atomic mass is 10.1. The molecule has 1 heterocycles. The van der Waals surface area contributed by atoms with Crippen LogP contribution in [0.25, 0.3) is 0 Å². The molecule has 2 aromatic rings. The van der Waals surface area contributed by atoms with Gasteiger partial charge in [-0.15, -0.1) is 0 Å². The normalized spacial score (nSPS) is 12.3. The van der Waals surface area contributed by atoms with Crippen molar-refractivity contribution >= 4 is 40.5 Å². The van der Waals surface area contributed by atoms with Crippen LogP contribution < -0.4 is 5.32 Å². The summed E-state index contributed by atoms with van der Waals surface area (Å²) in [5.74, 6) is -0.440. The number of rotatable bonds is 3. The third-order valence-electron chi connectivity index (χ3n) is 2.95. The predicted octanol–water partition coefficient (Wildman–Crippen LogP) is 5.66. The molecule has 2 nitrogen and oxygen atoms in total. The summed E-state index contributed by atoms with van der Waals surface area (Å²) in [5, 5.41) is 3.97. The van der Waals surface area contributed by atoms with Gasteiger partial charge in [-0.05, 0) is 43.2 Å². The molecule has 1 N–H and O–H groups in total. The van der Waals surface area contributed by atoms with Crippen LogP contribution >= 0.6 is 34.8 Å². The van der Waals surface area contributed by atoms with E-state index in [9.17, 15) is 4.39 Å². The maximum Gasteiger partial charge on any atom is 0.154 e. The predicted molar refractivity (Wildman–Crippen MR) is 82.4 cm³/mol. The van der Waals surface area contributed by atoms with Gasteiger partial charge in [0.1, 0.15) is 11.0 Å². The first kappa shape index (κ1) is 15.4. The van der Waals surface area contributed by atoms with Crippen molar-refractivity contribution in [1.82, 2.24) is 4.98 Å². The monoisotopic (exact) mass is 332 g/mol. The molecule has 1 aromatic heterocycles. The van der Waals surface area contributed by atoms with Crippen molar-refractivity contribution in [2.75, 3.05) is 5.32 Å². The Morgan fingerprint density at radius 2 is 1.90 bits per heavy atom. The van der Waals surface area contributed by atoms with Gasteiger partial charge in [0.2, 0.25) is 0 Å². The summed E-state index contributed by atoms with van der Waals surface area (Å²) in [4.78, 5) is 4.00. The molecule has 1 unspecified atom stereocenters. The highest BCUT2D eigenvalue weighted by Gasteiger charge is 2.13. The Labute approximate surface area is 131 Å². The van der Waals surface area contributed by atoms with Gasteiger partial charge in [0, 0.05) is 6.04 Å². The Hall–Kier alpha value is -1.03. The highest BCUT2D eigenvalue weighted by molar-refractivity contribution is 6.34. The van der Waals surface area contributed by atoms with Gasteiger partial charge in [-0.25, -0.2) is 9.37 Å². The van der Waals surface area contributed by atoms with Crippen LogP contribution in [0.1, 0.15) is 24.1 Å². The van der Waals surface area contributed by atoms with E-state index in [-0.39, 0.29) is 11.1 Å². The van der Waals surface area contributed by atoms with Crippen LogP contribution in [-0.4, -0.2) is 4.98 Å². The van der Waals surface area contributed by atoms with Gasteiger partial charge in [0.25, 0.3) is 0 Å². The van der Waals surface area contributed by atoms with Crippen molar-refractivity contribution in [3.05, 3.63) is 56.5 Å². The van der Waals surface area contributed by atoms with E-state index in [2.05, 4.69) is 10.3 Å². The number of aryl methyl sites for hydroxylation is 1. The number of pyridine rings is 1. The molecule has 0 fully saturated rings. The summed E-state index contributed by atoms with van der Waals surface area (Å²) in [6.45, 7) is 3.81. The van der Waals surface area contributed by atoms with Crippen LogP contribution in [0.2, 0.25) is 15.3 Å². The van der Waals surface area contributed by atoms with Gasteiger partial charge in [-0.3, -0.25) is 0 Å². The van der Waals surface area contributed by atoms with Crippen LogP contribution in [0.5, 0.6) is 0 Å². The van der Waals surface area contributed by atoms with Crippen LogP contribution in [0, 0.1) is 12.7 Å². The van der Waals surface area contributed by atoms with Crippen LogP contribution in [0.4, 0.5) is 10.1 Å². The first-order valence-corrected chi connectivity index (χ1v) is 7.06. The minimum absolute atomic E-state index is 0.0909. The molecule has 2 rings (SSSR count). The fourth-order valence-electron chi connectivity index (χ4n) is 1.85. The van der Waals surface area contributed by atoms with Gasteiger partial charge in [-0.2, -0.15) is 0 Å². The molecule has 0 radical (unpaired) electrons. The Kier molecular flexibility index (Phi) is 4.74. The third kappa shape index (κ3) is 3.35. The quantitative estimate of drug-likeness (QED) is 0.733. The zero-order valence-corrected chi connectivity index (χ0v) is 13.1. The molecular formula is C14H12Cl3FN2. The second-order valence-corrected chi connectivity index (χ2v) is 5.62. The van der Waals surface area contributed by atoms with Crippen molar-refractivity contribution < 1.29 is 4.39 Å². The van der Waals surface area contributed by atoms with Crippen LogP contribution in [-0.2, 0) is 0 Å². The molecule has 0 bridgehead atoms. The van der Waals surface area contributed by atoms with Crippen molar-refractivity contribution in [2.24, 2.45) is 0 Å². The van der Waals surface area contributed by atoms with Crippen LogP contribution in [0.15, 0.2) is 24.3 Å². The number of nitrogens with zero attached hydrogens (tertiary/aromatic N) is 1. The van der Waals surface area contributed by atoms with Crippen LogP contribution in [0.3, 0.4) is 0 Å². The van der Waals surface area contributed by atoms with E-state index in [1.54, 1.807) is 18.2 Å². The molecule has 0 amide bonds. The second kappa shape index (κ2) is 6.17. The Bertz CT molecular complexity index is 623. The first-order chi connectivity index (χ1) is 9.38. The average Bonchev–Trinajstić information content (AvgIpc) is 2.36. The highest BCUT2D eigenvalue weighted by atomic mass is 35.5. The lowest BCUT2D eigenvalue weighted by Gasteiger charge is -2.18. The lowest BCUT2D eigenvalue weighted by Crippen LogP contribution is -2.09. The lowest BCUT2D eigenvalue weighted by molar-refractivity contribution is 0.627. The smallest absolute Gasteiger partial charge is 0.154 e. The molecule has 0 aliphatic heterocycles. The summed E-state index contributed by atoms with van der Waals surface area (Å²) in [5.41, 5.74) is 2.43. The number of hydrogen-bond donors (Lipinski definition) is 1. The summed E-state index contributed by atoms with van der Waals surface area (Å²) < 4.78 is 13.2. The maximum atomic E-state index is 13.2. The Balaban J connectivity index is 2.27. The van der Waals surface area contributed by atoms with E-state index < -0.39 is 5.82 Å². The van der Waals surface area contributed by atoms with Crippen molar-refractivity contribution in [2.45, 2.75) is 19.9 Å². The fraction of sp³-hybridized carbons (Fsp3) is 0.214. The summed E-state index contributed by atoms with van der Waals surface area (Å²) in [6, 6.07) is 6.21. The van der Waals surface area contributed by atoms with E-state index in [4.69, 9.17) is 34.8 Å². The Morgan fingerprint density at radius 1 is 1.20 bits per heavy atom. The maximum absolute atomic E-state index is 13.2. The molecule has 0 aliphatic rings. The molecule has 0 saturated carbocycles. The third-order valence-corrected chi connectivity index (χ3v) is 3.70. The summed E-state index contributed by atoms with van der Waals surface area (Å²) >= 11 is 17.7. The van der Waals surface area contributed by atoms with Gasteiger partial charge in [0.05, 0.1) is 10.7 Å². The second-order valence-electron chi connectivity index (χ2n) is 4.47. The van der Waals surface area contributed by atoms with E-state index in [0.717, 1.165) is 11.1 Å². The molecular weight excluding hydrogens is 322 g/mol. The number of aromatic nitrogens is 1. The standard InChI is InChI=1S/C14H12Cl3FN2/c1-7-5-12(16)20-14(17)13(7)19-8(2)9-3-4-11(18)10(15)6-9/h3-6,8,19H,1-2H3. The number of anilines is 1. The fourth-order valence-corrected chi connectivity index (χ4v) is 2.63. The molecule has 106 valence electrons. The molecule has 0 saturated heterocycles.